The molecular formula is C14H19N5O2S. The smallest absolute Gasteiger partial charge is 0.237 e. The van der Waals surface area contributed by atoms with Crippen LogP contribution in [0.5, 0.6) is 0 Å². The Balaban J connectivity index is 1.44. The third kappa shape index (κ3) is 4.09. The largest absolute Gasteiger partial charge is 0.338 e. The number of rotatable bonds is 6. The third-order valence-corrected chi connectivity index (χ3v) is 4.54. The minimum atomic E-state index is -0.164. The van der Waals surface area contributed by atoms with Crippen LogP contribution >= 0.6 is 11.8 Å². The quantitative estimate of drug-likeness (QED) is 0.794. The minimum absolute atomic E-state index is 0.164. The fraction of sp³-hybridized carbons (Fsp3) is 0.571. The lowest BCUT2D eigenvalue weighted by Crippen LogP contribution is -2.13. The van der Waals surface area contributed by atoms with Crippen LogP contribution in [0.25, 0.3) is 0 Å². The van der Waals surface area contributed by atoms with Crippen molar-refractivity contribution < 1.29 is 9.32 Å². The molecule has 0 radical (unpaired) electrons. The van der Waals surface area contributed by atoms with E-state index in [-0.39, 0.29) is 11.7 Å². The Labute approximate surface area is 132 Å². The predicted molar refractivity (Wildman–Crippen MR) is 82.6 cm³/mol. The highest BCUT2D eigenvalue weighted by Gasteiger charge is 2.17. The second-order valence-electron chi connectivity index (χ2n) is 5.59. The number of aromatic amines is 1. The highest BCUT2D eigenvalue weighted by molar-refractivity contribution is 7.99. The predicted octanol–water partition coefficient (Wildman–Crippen LogP) is 2.56. The molecule has 0 bridgehead atoms. The van der Waals surface area contributed by atoms with E-state index < -0.39 is 0 Å². The zero-order valence-electron chi connectivity index (χ0n) is 12.5. The van der Waals surface area contributed by atoms with Gasteiger partial charge in [-0.15, -0.1) is 5.10 Å². The normalized spacial score (nSPS) is 15.3. The molecule has 0 aromatic carbocycles. The van der Waals surface area contributed by atoms with Crippen molar-refractivity contribution in [1.82, 2.24) is 20.3 Å². The monoisotopic (exact) mass is 321 g/mol. The van der Waals surface area contributed by atoms with Crippen molar-refractivity contribution in [2.45, 2.75) is 44.2 Å². The number of nitrogens with one attached hydrogen (secondary N) is 2. The van der Waals surface area contributed by atoms with Crippen molar-refractivity contribution in [3.8, 4) is 0 Å². The molecule has 3 rings (SSSR count). The molecule has 7 nitrogen and oxygen atoms in total. The van der Waals surface area contributed by atoms with E-state index in [9.17, 15) is 4.79 Å². The molecule has 1 amide bonds. The first-order valence-corrected chi connectivity index (χ1v) is 8.45. The SMILES string of the molecule is Cc1cc(NC(=O)CSc2n[nH]c(CC3CCCC3)n2)on1. The Morgan fingerprint density at radius 1 is 1.50 bits per heavy atom. The van der Waals surface area contributed by atoms with Crippen molar-refractivity contribution in [2.75, 3.05) is 11.1 Å². The molecule has 2 heterocycles. The van der Waals surface area contributed by atoms with Crippen molar-refractivity contribution in [2.24, 2.45) is 5.92 Å². The molecule has 2 aromatic heterocycles. The van der Waals surface area contributed by atoms with Crippen LogP contribution in [0.3, 0.4) is 0 Å². The standard InChI is InChI=1S/C14H19N5O2S/c1-9-6-13(21-19-9)16-12(20)8-22-14-15-11(17-18-14)7-10-4-2-3-5-10/h6,10H,2-5,7-8H2,1H3,(H,16,20)(H,15,17,18). The molecule has 0 saturated heterocycles. The number of H-pyrrole nitrogens is 1. The van der Waals surface area contributed by atoms with Gasteiger partial charge in [0.1, 0.15) is 5.82 Å². The topological polar surface area (TPSA) is 96.7 Å². The Morgan fingerprint density at radius 3 is 3.05 bits per heavy atom. The van der Waals surface area contributed by atoms with Gasteiger partial charge in [-0.25, -0.2) is 4.98 Å². The molecular weight excluding hydrogens is 302 g/mol. The number of amides is 1. The molecule has 0 spiro atoms. The lowest BCUT2D eigenvalue weighted by atomic mass is 10.0. The van der Waals surface area contributed by atoms with E-state index >= 15 is 0 Å². The molecule has 1 aliphatic rings. The minimum Gasteiger partial charge on any atom is -0.338 e. The van der Waals surface area contributed by atoms with Gasteiger partial charge in [0, 0.05) is 12.5 Å². The maximum absolute atomic E-state index is 11.8. The average Bonchev–Trinajstić information content (AvgIpc) is 3.21. The maximum atomic E-state index is 11.8. The van der Waals surface area contributed by atoms with E-state index in [1.54, 1.807) is 13.0 Å². The number of aromatic nitrogens is 4. The molecule has 1 aliphatic carbocycles. The summed E-state index contributed by atoms with van der Waals surface area (Å²) in [5.41, 5.74) is 0.730. The summed E-state index contributed by atoms with van der Waals surface area (Å²) in [4.78, 5) is 16.2. The molecule has 1 fully saturated rings. The zero-order valence-corrected chi connectivity index (χ0v) is 13.3. The number of carbonyl (C=O) groups is 1. The van der Waals surface area contributed by atoms with E-state index in [1.807, 2.05) is 0 Å². The summed E-state index contributed by atoms with van der Waals surface area (Å²) < 4.78 is 4.94. The van der Waals surface area contributed by atoms with Crippen LogP contribution in [0.2, 0.25) is 0 Å². The van der Waals surface area contributed by atoms with Crippen LogP contribution in [0, 0.1) is 12.8 Å². The van der Waals surface area contributed by atoms with E-state index in [4.69, 9.17) is 4.52 Å². The van der Waals surface area contributed by atoms with E-state index in [1.165, 1.54) is 37.4 Å². The fourth-order valence-corrected chi connectivity index (χ4v) is 3.26. The van der Waals surface area contributed by atoms with Gasteiger partial charge in [-0.3, -0.25) is 15.2 Å². The van der Waals surface area contributed by atoms with Crippen molar-refractivity contribution in [3.05, 3.63) is 17.6 Å². The maximum Gasteiger partial charge on any atom is 0.237 e. The lowest BCUT2D eigenvalue weighted by molar-refractivity contribution is -0.113. The average molecular weight is 321 g/mol. The highest BCUT2D eigenvalue weighted by Crippen LogP contribution is 2.27. The Hall–Kier alpha value is -1.83. The second kappa shape index (κ2) is 6.95. The molecule has 0 aliphatic heterocycles. The van der Waals surface area contributed by atoms with Crippen LogP contribution < -0.4 is 5.32 Å². The van der Waals surface area contributed by atoms with Crippen LogP contribution in [0.15, 0.2) is 15.7 Å². The molecule has 118 valence electrons. The summed E-state index contributed by atoms with van der Waals surface area (Å²) in [6, 6.07) is 1.68. The van der Waals surface area contributed by atoms with Gasteiger partial charge in [0.2, 0.25) is 16.9 Å². The molecule has 0 unspecified atom stereocenters. The van der Waals surface area contributed by atoms with E-state index in [0.717, 1.165) is 23.9 Å². The summed E-state index contributed by atoms with van der Waals surface area (Å²) in [6.45, 7) is 1.80. The van der Waals surface area contributed by atoms with Gasteiger partial charge >= 0.3 is 0 Å². The molecule has 1 saturated carbocycles. The van der Waals surface area contributed by atoms with Gasteiger partial charge in [-0.05, 0) is 12.8 Å². The van der Waals surface area contributed by atoms with E-state index in [2.05, 4.69) is 25.7 Å². The third-order valence-electron chi connectivity index (χ3n) is 3.69. The summed E-state index contributed by atoms with van der Waals surface area (Å²) in [5.74, 6) is 2.08. The summed E-state index contributed by atoms with van der Waals surface area (Å²) in [5, 5.41) is 14.1. The fourth-order valence-electron chi connectivity index (χ4n) is 2.65. The Bertz CT molecular complexity index is 633. The van der Waals surface area contributed by atoms with Gasteiger partial charge < -0.3 is 4.52 Å². The summed E-state index contributed by atoms with van der Waals surface area (Å²) in [6.07, 6.45) is 6.16. The number of carbonyl (C=O) groups excluding carboxylic acids is 1. The van der Waals surface area contributed by atoms with Gasteiger partial charge in [0.05, 0.1) is 11.4 Å². The number of hydrogen-bond donors (Lipinski definition) is 2. The molecule has 22 heavy (non-hydrogen) atoms. The number of thioether (sulfide) groups is 1. The van der Waals surface area contributed by atoms with Crippen LogP contribution in [-0.4, -0.2) is 32.0 Å². The molecule has 8 heteroatoms. The molecule has 2 aromatic rings. The first kappa shape index (κ1) is 15.1. The lowest BCUT2D eigenvalue weighted by Gasteiger charge is -2.04. The van der Waals surface area contributed by atoms with E-state index in [0.29, 0.717) is 11.0 Å². The van der Waals surface area contributed by atoms with Gasteiger partial charge in [0.15, 0.2) is 0 Å². The first-order chi connectivity index (χ1) is 10.7. The second-order valence-corrected chi connectivity index (χ2v) is 6.53. The first-order valence-electron chi connectivity index (χ1n) is 7.46. The number of aryl methyl sites for hydroxylation is 1. The highest BCUT2D eigenvalue weighted by atomic mass is 32.2. The Morgan fingerprint density at radius 2 is 2.32 bits per heavy atom. The number of anilines is 1. The van der Waals surface area contributed by atoms with Gasteiger partial charge in [-0.1, -0.05) is 42.6 Å². The van der Waals surface area contributed by atoms with Gasteiger partial charge in [-0.2, -0.15) is 0 Å². The molecule has 0 atom stereocenters. The van der Waals surface area contributed by atoms with Crippen LogP contribution in [0.1, 0.15) is 37.2 Å². The Kier molecular flexibility index (Phi) is 4.77. The van der Waals surface area contributed by atoms with Crippen molar-refractivity contribution >= 4 is 23.6 Å². The summed E-state index contributed by atoms with van der Waals surface area (Å²) >= 11 is 1.31. The van der Waals surface area contributed by atoms with Crippen molar-refractivity contribution in [3.63, 3.8) is 0 Å². The number of nitrogens with zero attached hydrogens (tertiary/aromatic N) is 3. The van der Waals surface area contributed by atoms with Crippen LogP contribution in [-0.2, 0) is 11.2 Å². The molecule has 2 N–H and O–H groups in total. The van der Waals surface area contributed by atoms with Crippen LogP contribution in [0.4, 0.5) is 5.88 Å². The van der Waals surface area contributed by atoms with Crippen molar-refractivity contribution in [1.29, 1.82) is 0 Å². The zero-order chi connectivity index (χ0) is 15.4. The number of hydrogen-bond acceptors (Lipinski definition) is 6. The summed E-state index contributed by atoms with van der Waals surface area (Å²) in [7, 11) is 0. The van der Waals surface area contributed by atoms with Gasteiger partial charge in [0.25, 0.3) is 0 Å².